The van der Waals surface area contributed by atoms with Crippen molar-refractivity contribution in [3.8, 4) is 11.5 Å². The zero-order valence-corrected chi connectivity index (χ0v) is 16.2. The van der Waals surface area contributed by atoms with Crippen molar-refractivity contribution in [3.63, 3.8) is 0 Å². The third-order valence-electron chi connectivity index (χ3n) is 4.90. The average Bonchev–Trinajstić information content (AvgIpc) is 3.10. The lowest BCUT2D eigenvalue weighted by molar-refractivity contribution is 0.101. The first kappa shape index (κ1) is 21.5. The second kappa shape index (κ2) is 8.07. The zero-order valence-electron chi connectivity index (χ0n) is 16.2. The smallest absolute Gasteiger partial charge is 0.231 e. The molecule has 3 nitrogen and oxygen atoms in total. The van der Waals surface area contributed by atoms with Crippen molar-refractivity contribution in [1.82, 2.24) is 0 Å². The molecule has 0 N–H and O–H groups in total. The number of Topliss-reactive ketones (excluding diaryl/α,β-unsaturated/α-hetero) is 1. The molecule has 3 aromatic rings. The van der Waals surface area contributed by atoms with Crippen molar-refractivity contribution >= 4 is 11.9 Å². The van der Waals surface area contributed by atoms with Crippen LogP contribution in [0.4, 0.5) is 26.3 Å². The number of ether oxygens (including phenoxy) is 2. The number of fused-ring (bicyclic) bond motifs is 1. The SMILES string of the molecule is Cc1c(OCc2c(F)c(F)c(F)c(F)c2F)ccc2c1O/C(=C\c1ccccc1F)C2=O. The van der Waals surface area contributed by atoms with E-state index < -0.39 is 52.9 Å². The number of hydrogen-bond acceptors (Lipinski definition) is 3. The molecule has 4 rings (SSSR count). The molecule has 0 atom stereocenters. The number of carbonyl (C=O) groups excluding carboxylic acids is 1. The largest absolute Gasteiger partial charge is 0.488 e. The van der Waals surface area contributed by atoms with Gasteiger partial charge in [0.2, 0.25) is 11.6 Å². The van der Waals surface area contributed by atoms with E-state index in [1.165, 1.54) is 43.3 Å². The van der Waals surface area contributed by atoms with Crippen LogP contribution >= 0.6 is 0 Å². The van der Waals surface area contributed by atoms with E-state index in [0.717, 1.165) is 0 Å². The van der Waals surface area contributed by atoms with Crippen molar-refractivity contribution in [1.29, 1.82) is 0 Å². The summed E-state index contributed by atoms with van der Waals surface area (Å²) in [5, 5.41) is 0. The molecule has 164 valence electrons. The number of rotatable bonds is 4. The van der Waals surface area contributed by atoms with Crippen molar-refractivity contribution in [2.75, 3.05) is 0 Å². The summed E-state index contributed by atoms with van der Waals surface area (Å²) in [6.07, 6.45) is 1.23. The van der Waals surface area contributed by atoms with Crippen LogP contribution in [0.3, 0.4) is 0 Å². The van der Waals surface area contributed by atoms with Gasteiger partial charge in [0.25, 0.3) is 0 Å². The lowest BCUT2D eigenvalue weighted by Gasteiger charge is -2.13. The minimum Gasteiger partial charge on any atom is -0.488 e. The predicted octanol–water partition coefficient (Wildman–Crippen LogP) is 6.02. The van der Waals surface area contributed by atoms with Gasteiger partial charge in [-0.3, -0.25) is 4.79 Å². The first-order valence-electron chi connectivity index (χ1n) is 9.16. The molecule has 0 bridgehead atoms. The molecule has 1 heterocycles. The molecular weight excluding hydrogens is 438 g/mol. The van der Waals surface area contributed by atoms with E-state index in [4.69, 9.17) is 9.47 Å². The van der Waals surface area contributed by atoms with E-state index in [0.29, 0.717) is 0 Å². The summed E-state index contributed by atoms with van der Waals surface area (Å²) in [7, 11) is 0. The number of hydrogen-bond donors (Lipinski definition) is 0. The second-order valence-corrected chi connectivity index (χ2v) is 6.86. The number of allylic oxidation sites excluding steroid dienone is 1. The van der Waals surface area contributed by atoms with E-state index in [1.54, 1.807) is 6.07 Å². The highest BCUT2D eigenvalue weighted by Gasteiger charge is 2.31. The Labute approximate surface area is 177 Å². The molecule has 32 heavy (non-hydrogen) atoms. The van der Waals surface area contributed by atoms with Gasteiger partial charge in [-0.25, -0.2) is 26.3 Å². The van der Waals surface area contributed by atoms with Crippen LogP contribution in [0.15, 0.2) is 42.2 Å². The van der Waals surface area contributed by atoms with Crippen LogP contribution < -0.4 is 9.47 Å². The Balaban J connectivity index is 1.63. The summed E-state index contributed by atoms with van der Waals surface area (Å²) in [4.78, 5) is 12.6. The molecule has 0 saturated heterocycles. The number of halogens is 6. The zero-order chi connectivity index (χ0) is 23.2. The van der Waals surface area contributed by atoms with E-state index in [1.807, 2.05) is 0 Å². The maximum Gasteiger partial charge on any atom is 0.231 e. The Hall–Kier alpha value is -3.75. The molecule has 1 aliphatic heterocycles. The minimum absolute atomic E-state index is 0.00682. The fourth-order valence-corrected chi connectivity index (χ4v) is 3.18. The van der Waals surface area contributed by atoms with Gasteiger partial charge in [0.05, 0.1) is 11.1 Å². The van der Waals surface area contributed by atoms with Crippen LogP contribution in [-0.4, -0.2) is 5.78 Å². The molecule has 1 aliphatic rings. The van der Waals surface area contributed by atoms with Crippen molar-refractivity contribution in [2.24, 2.45) is 0 Å². The topological polar surface area (TPSA) is 35.5 Å². The molecule has 0 amide bonds. The highest BCUT2D eigenvalue weighted by atomic mass is 19.2. The average molecular weight is 450 g/mol. The fraction of sp³-hybridized carbons (Fsp3) is 0.0870. The van der Waals surface area contributed by atoms with E-state index in [2.05, 4.69) is 0 Å². The molecule has 3 aromatic carbocycles. The van der Waals surface area contributed by atoms with E-state index in [-0.39, 0.29) is 33.9 Å². The molecular formula is C23H12F6O3. The van der Waals surface area contributed by atoms with Gasteiger partial charge in [0, 0.05) is 11.1 Å². The highest BCUT2D eigenvalue weighted by Crippen LogP contribution is 2.39. The molecule has 0 unspecified atom stereocenters. The highest BCUT2D eigenvalue weighted by molar-refractivity contribution is 6.15. The van der Waals surface area contributed by atoms with Gasteiger partial charge in [0.15, 0.2) is 29.0 Å². The summed E-state index contributed by atoms with van der Waals surface area (Å²) < 4.78 is 92.3. The van der Waals surface area contributed by atoms with Gasteiger partial charge in [-0.1, -0.05) is 18.2 Å². The lowest BCUT2D eigenvalue weighted by Crippen LogP contribution is -2.10. The van der Waals surface area contributed by atoms with Crippen LogP contribution in [0.25, 0.3) is 6.08 Å². The molecule has 0 radical (unpaired) electrons. The van der Waals surface area contributed by atoms with Crippen LogP contribution in [0.2, 0.25) is 0 Å². The summed E-state index contributed by atoms with van der Waals surface area (Å²) in [6.45, 7) is 0.517. The second-order valence-electron chi connectivity index (χ2n) is 6.86. The van der Waals surface area contributed by atoms with Gasteiger partial charge >= 0.3 is 0 Å². The Morgan fingerprint density at radius 2 is 1.50 bits per heavy atom. The standard InChI is InChI=1S/C23H12F6O3/c1-10-15(31-9-13-17(25)19(27)21(29)20(28)18(13)26)7-6-12-22(30)16(32-23(10)12)8-11-4-2-3-5-14(11)24/h2-8H,9H2,1H3/b16-8-. The Kier molecular flexibility index (Phi) is 5.41. The summed E-state index contributed by atoms with van der Waals surface area (Å²) in [5.74, 6) is -11.6. The molecule has 0 fully saturated rings. The number of carbonyl (C=O) groups is 1. The van der Waals surface area contributed by atoms with E-state index in [9.17, 15) is 31.1 Å². The van der Waals surface area contributed by atoms with Crippen LogP contribution in [0, 0.1) is 41.8 Å². The Morgan fingerprint density at radius 1 is 0.875 bits per heavy atom. The summed E-state index contributed by atoms with van der Waals surface area (Å²) in [6, 6.07) is 8.36. The third kappa shape index (κ3) is 3.49. The number of ketones is 1. The van der Waals surface area contributed by atoms with Crippen LogP contribution in [0.1, 0.15) is 27.0 Å². The third-order valence-corrected chi connectivity index (χ3v) is 4.90. The lowest BCUT2D eigenvalue weighted by atomic mass is 10.1. The molecule has 0 aliphatic carbocycles. The monoisotopic (exact) mass is 450 g/mol. The molecule has 0 aromatic heterocycles. The summed E-state index contributed by atoms with van der Waals surface area (Å²) in [5.41, 5.74) is -0.618. The molecule has 0 saturated carbocycles. The van der Waals surface area contributed by atoms with Gasteiger partial charge in [-0.15, -0.1) is 0 Å². The predicted molar refractivity (Wildman–Crippen MR) is 101 cm³/mol. The van der Waals surface area contributed by atoms with Gasteiger partial charge in [0.1, 0.15) is 23.9 Å². The maximum absolute atomic E-state index is 13.9. The van der Waals surface area contributed by atoms with Crippen molar-refractivity contribution in [3.05, 3.63) is 99.3 Å². The fourth-order valence-electron chi connectivity index (χ4n) is 3.18. The molecule has 0 spiro atoms. The quantitative estimate of drug-likeness (QED) is 0.211. The first-order valence-corrected chi connectivity index (χ1v) is 9.16. The maximum atomic E-state index is 13.9. The van der Waals surface area contributed by atoms with Crippen LogP contribution in [0.5, 0.6) is 11.5 Å². The Bertz CT molecular complexity index is 1270. The minimum atomic E-state index is -2.27. The summed E-state index contributed by atoms with van der Waals surface area (Å²) >= 11 is 0. The van der Waals surface area contributed by atoms with Crippen molar-refractivity contribution in [2.45, 2.75) is 13.5 Å². The molecule has 9 heteroatoms. The number of benzene rings is 3. The van der Waals surface area contributed by atoms with Gasteiger partial charge < -0.3 is 9.47 Å². The van der Waals surface area contributed by atoms with E-state index >= 15 is 0 Å². The first-order chi connectivity index (χ1) is 15.2. The van der Waals surface area contributed by atoms with Crippen LogP contribution in [-0.2, 0) is 6.61 Å². The van der Waals surface area contributed by atoms with Crippen molar-refractivity contribution < 1.29 is 40.6 Å². The van der Waals surface area contributed by atoms with Gasteiger partial charge in [-0.05, 0) is 31.2 Å². The normalized spacial score (nSPS) is 14.0. The van der Waals surface area contributed by atoms with Gasteiger partial charge in [-0.2, -0.15) is 0 Å². The Morgan fingerprint density at radius 3 is 2.16 bits per heavy atom.